The first-order valence-corrected chi connectivity index (χ1v) is 7.20. The molecule has 0 spiro atoms. The third-order valence-corrected chi connectivity index (χ3v) is 4.02. The third kappa shape index (κ3) is 3.48. The zero-order valence-corrected chi connectivity index (χ0v) is 12.5. The van der Waals surface area contributed by atoms with Crippen LogP contribution >= 0.6 is 15.9 Å². The Morgan fingerprint density at radius 2 is 2.37 bits per heavy atom. The molecule has 1 heterocycles. The average Bonchev–Trinajstić information content (AvgIpc) is 2.84. The highest BCUT2D eigenvalue weighted by molar-refractivity contribution is 9.10. The second-order valence-electron chi connectivity index (χ2n) is 4.72. The van der Waals surface area contributed by atoms with Crippen molar-refractivity contribution in [3.05, 3.63) is 28.2 Å². The molecule has 0 saturated carbocycles. The lowest BCUT2D eigenvalue weighted by molar-refractivity contribution is -0.137. The molecular formula is C14H18BrNO3. The fourth-order valence-electron chi connectivity index (χ4n) is 2.65. The second kappa shape index (κ2) is 6.39. The predicted octanol–water partition coefficient (Wildman–Crippen LogP) is 3.07. The lowest BCUT2D eigenvalue weighted by atomic mass is 10.0. The van der Waals surface area contributed by atoms with E-state index in [0.717, 1.165) is 35.2 Å². The van der Waals surface area contributed by atoms with E-state index in [1.54, 1.807) is 7.11 Å². The summed E-state index contributed by atoms with van der Waals surface area (Å²) in [5.74, 6) is 0.127. The van der Waals surface area contributed by atoms with Crippen LogP contribution in [0.4, 0.5) is 0 Å². The molecule has 0 bridgehead atoms. The Morgan fingerprint density at radius 1 is 1.58 bits per heavy atom. The molecule has 0 aromatic heterocycles. The highest BCUT2D eigenvalue weighted by Gasteiger charge is 2.28. The Hall–Kier alpha value is -1.07. The van der Waals surface area contributed by atoms with E-state index in [1.807, 2.05) is 12.1 Å². The van der Waals surface area contributed by atoms with Crippen molar-refractivity contribution in [1.82, 2.24) is 4.90 Å². The highest BCUT2D eigenvalue weighted by atomic mass is 79.9. The number of nitrogens with zero attached hydrogens (tertiary/aromatic N) is 1. The van der Waals surface area contributed by atoms with Crippen LogP contribution < -0.4 is 4.74 Å². The van der Waals surface area contributed by atoms with E-state index in [9.17, 15) is 4.79 Å². The summed E-state index contributed by atoms with van der Waals surface area (Å²) < 4.78 is 6.44. The minimum absolute atomic E-state index is 0.187. The molecule has 1 saturated heterocycles. The number of rotatable bonds is 5. The van der Waals surface area contributed by atoms with Crippen LogP contribution in [0.25, 0.3) is 0 Å². The van der Waals surface area contributed by atoms with E-state index in [2.05, 4.69) is 26.9 Å². The molecule has 0 aliphatic carbocycles. The average molecular weight is 328 g/mol. The minimum atomic E-state index is -0.744. The highest BCUT2D eigenvalue weighted by Crippen LogP contribution is 2.38. The number of ether oxygens (including phenoxy) is 1. The van der Waals surface area contributed by atoms with Gasteiger partial charge in [0, 0.05) is 22.6 Å². The fraction of sp³-hybridized carbons (Fsp3) is 0.500. The summed E-state index contributed by atoms with van der Waals surface area (Å²) in [4.78, 5) is 13.0. The van der Waals surface area contributed by atoms with Gasteiger partial charge in [-0.3, -0.25) is 9.69 Å². The molecule has 2 rings (SSSR count). The first-order chi connectivity index (χ1) is 9.11. The van der Waals surface area contributed by atoms with Crippen LogP contribution in [0, 0.1) is 0 Å². The van der Waals surface area contributed by atoms with Gasteiger partial charge in [-0.15, -0.1) is 0 Å². The SMILES string of the molecule is COc1ccc(Br)cc1[C@H]1CCCN1CCC(=O)O. The van der Waals surface area contributed by atoms with Crippen molar-refractivity contribution >= 4 is 21.9 Å². The van der Waals surface area contributed by atoms with Crippen LogP contribution in [0.3, 0.4) is 0 Å². The van der Waals surface area contributed by atoms with Crippen molar-refractivity contribution in [2.24, 2.45) is 0 Å². The van der Waals surface area contributed by atoms with Gasteiger partial charge in [0.25, 0.3) is 0 Å². The normalized spacial score (nSPS) is 19.6. The lowest BCUT2D eigenvalue weighted by Crippen LogP contribution is -2.26. The predicted molar refractivity (Wildman–Crippen MR) is 76.5 cm³/mol. The van der Waals surface area contributed by atoms with Crippen LogP contribution in [0.2, 0.25) is 0 Å². The zero-order valence-electron chi connectivity index (χ0n) is 10.9. The van der Waals surface area contributed by atoms with Gasteiger partial charge in [-0.25, -0.2) is 0 Å². The molecular weight excluding hydrogens is 310 g/mol. The van der Waals surface area contributed by atoms with Gasteiger partial charge in [0.1, 0.15) is 5.75 Å². The van der Waals surface area contributed by atoms with Crippen molar-refractivity contribution < 1.29 is 14.6 Å². The Balaban J connectivity index is 2.19. The molecule has 1 fully saturated rings. The number of carboxylic acid groups (broad SMARTS) is 1. The number of benzene rings is 1. The first kappa shape index (κ1) is 14.3. The smallest absolute Gasteiger partial charge is 0.304 e. The van der Waals surface area contributed by atoms with Gasteiger partial charge >= 0.3 is 5.97 Å². The molecule has 104 valence electrons. The van der Waals surface area contributed by atoms with Gasteiger partial charge in [-0.1, -0.05) is 15.9 Å². The van der Waals surface area contributed by atoms with Crippen LogP contribution in [0.1, 0.15) is 30.9 Å². The maximum atomic E-state index is 10.7. The molecule has 19 heavy (non-hydrogen) atoms. The molecule has 1 atom stereocenters. The Bertz CT molecular complexity index is 464. The number of methoxy groups -OCH3 is 1. The number of carbonyl (C=O) groups is 1. The monoisotopic (exact) mass is 327 g/mol. The van der Waals surface area contributed by atoms with E-state index in [0.29, 0.717) is 6.54 Å². The third-order valence-electron chi connectivity index (χ3n) is 3.53. The van der Waals surface area contributed by atoms with Crippen LogP contribution in [0.15, 0.2) is 22.7 Å². The van der Waals surface area contributed by atoms with E-state index < -0.39 is 5.97 Å². The van der Waals surface area contributed by atoms with Crippen molar-refractivity contribution in [1.29, 1.82) is 0 Å². The number of halogens is 1. The van der Waals surface area contributed by atoms with Gasteiger partial charge in [-0.2, -0.15) is 0 Å². The van der Waals surface area contributed by atoms with E-state index >= 15 is 0 Å². The fourth-order valence-corrected chi connectivity index (χ4v) is 3.03. The standard InChI is InChI=1S/C14H18BrNO3/c1-19-13-5-4-10(15)9-11(13)12-3-2-7-16(12)8-6-14(17)18/h4-5,9,12H,2-3,6-8H2,1H3,(H,17,18)/t12-/m1/s1. The Kier molecular flexibility index (Phi) is 4.82. The largest absolute Gasteiger partial charge is 0.496 e. The number of carboxylic acids is 1. The summed E-state index contributed by atoms with van der Waals surface area (Å²) in [6, 6.07) is 6.24. The first-order valence-electron chi connectivity index (χ1n) is 6.41. The number of hydrogen-bond acceptors (Lipinski definition) is 3. The molecule has 0 unspecified atom stereocenters. The number of hydrogen-bond donors (Lipinski definition) is 1. The molecule has 0 amide bonds. The molecule has 5 heteroatoms. The van der Waals surface area contributed by atoms with Gasteiger partial charge in [0.05, 0.1) is 13.5 Å². The second-order valence-corrected chi connectivity index (χ2v) is 5.64. The Morgan fingerprint density at radius 3 is 3.05 bits per heavy atom. The van der Waals surface area contributed by atoms with E-state index in [1.165, 1.54) is 0 Å². The molecule has 1 aliphatic heterocycles. The molecule has 0 radical (unpaired) electrons. The Labute approximate surface area is 121 Å². The van der Waals surface area contributed by atoms with Gasteiger partial charge in [0.15, 0.2) is 0 Å². The van der Waals surface area contributed by atoms with Crippen molar-refractivity contribution in [3.8, 4) is 5.75 Å². The molecule has 1 aliphatic rings. The summed E-state index contributed by atoms with van der Waals surface area (Å²) in [5, 5.41) is 8.82. The summed E-state index contributed by atoms with van der Waals surface area (Å²) in [6.45, 7) is 1.54. The summed E-state index contributed by atoms with van der Waals surface area (Å²) >= 11 is 3.49. The molecule has 1 N–H and O–H groups in total. The van der Waals surface area contributed by atoms with Gasteiger partial charge in [0.2, 0.25) is 0 Å². The maximum Gasteiger partial charge on any atom is 0.304 e. The molecule has 1 aromatic rings. The van der Waals surface area contributed by atoms with Crippen molar-refractivity contribution in [2.75, 3.05) is 20.2 Å². The summed E-state index contributed by atoms with van der Waals surface area (Å²) in [5.41, 5.74) is 1.14. The van der Waals surface area contributed by atoms with Crippen molar-refractivity contribution in [3.63, 3.8) is 0 Å². The quantitative estimate of drug-likeness (QED) is 0.902. The van der Waals surface area contributed by atoms with Gasteiger partial charge < -0.3 is 9.84 Å². The molecule has 4 nitrogen and oxygen atoms in total. The van der Waals surface area contributed by atoms with Crippen LogP contribution in [-0.2, 0) is 4.79 Å². The minimum Gasteiger partial charge on any atom is -0.496 e. The summed E-state index contributed by atoms with van der Waals surface area (Å²) in [7, 11) is 1.67. The lowest BCUT2D eigenvalue weighted by Gasteiger charge is -2.25. The number of likely N-dealkylation sites (tertiary alicyclic amines) is 1. The number of aliphatic carboxylic acids is 1. The van der Waals surface area contributed by atoms with Crippen LogP contribution in [-0.4, -0.2) is 36.2 Å². The zero-order chi connectivity index (χ0) is 13.8. The van der Waals surface area contributed by atoms with Crippen LogP contribution in [0.5, 0.6) is 5.75 Å². The summed E-state index contributed by atoms with van der Waals surface area (Å²) in [6.07, 6.45) is 2.33. The van der Waals surface area contributed by atoms with E-state index in [-0.39, 0.29) is 12.5 Å². The van der Waals surface area contributed by atoms with Crippen molar-refractivity contribution in [2.45, 2.75) is 25.3 Å². The maximum absolute atomic E-state index is 10.7. The molecule has 1 aromatic carbocycles. The van der Waals surface area contributed by atoms with Gasteiger partial charge in [-0.05, 0) is 37.6 Å². The van der Waals surface area contributed by atoms with E-state index in [4.69, 9.17) is 9.84 Å². The topological polar surface area (TPSA) is 49.8 Å².